The van der Waals surface area contributed by atoms with Crippen molar-refractivity contribution in [2.75, 3.05) is 13.1 Å². The van der Waals surface area contributed by atoms with Crippen molar-refractivity contribution >= 4 is 16.8 Å². The van der Waals surface area contributed by atoms with Crippen molar-refractivity contribution < 1.29 is 4.79 Å². The summed E-state index contributed by atoms with van der Waals surface area (Å²) in [6.45, 7) is 5.72. The molecule has 0 bridgehead atoms. The van der Waals surface area contributed by atoms with Crippen molar-refractivity contribution in [2.24, 2.45) is 5.92 Å². The van der Waals surface area contributed by atoms with Gasteiger partial charge in [0.05, 0.1) is 0 Å². The zero-order chi connectivity index (χ0) is 15.7. The summed E-state index contributed by atoms with van der Waals surface area (Å²) in [5.74, 6) is 0.0841. The highest BCUT2D eigenvalue weighted by Crippen LogP contribution is 2.18. The summed E-state index contributed by atoms with van der Waals surface area (Å²) in [6.07, 6.45) is 0.886. The lowest BCUT2D eigenvalue weighted by atomic mass is 9.94. The molecule has 22 heavy (non-hydrogen) atoms. The van der Waals surface area contributed by atoms with Gasteiger partial charge in [-0.3, -0.25) is 9.59 Å². The first kappa shape index (κ1) is 14.8. The van der Waals surface area contributed by atoms with Gasteiger partial charge >= 0.3 is 0 Å². The fourth-order valence-corrected chi connectivity index (χ4v) is 3.15. The zero-order valence-electron chi connectivity index (χ0n) is 12.9. The lowest BCUT2D eigenvalue weighted by Gasteiger charge is -2.30. The van der Waals surface area contributed by atoms with E-state index in [2.05, 4.69) is 22.5 Å². The standard InChI is InChI=1S/C17H21N3O2/c1-10-9-18-8-7-13(10)19-16(21)15-11(2)12-5-3-4-6-14(12)20-17(15)22/h3-6,10,13,18H,7-9H2,1-2H3,(H,19,21)(H,20,22). The van der Waals surface area contributed by atoms with Crippen LogP contribution in [-0.4, -0.2) is 30.0 Å². The molecule has 1 aromatic carbocycles. The monoisotopic (exact) mass is 299 g/mol. The molecule has 1 saturated heterocycles. The molecule has 3 rings (SSSR count). The van der Waals surface area contributed by atoms with Gasteiger partial charge in [0, 0.05) is 16.9 Å². The van der Waals surface area contributed by atoms with E-state index in [1.54, 1.807) is 0 Å². The van der Waals surface area contributed by atoms with Gasteiger partial charge in [-0.2, -0.15) is 0 Å². The molecule has 0 spiro atoms. The summed E-state index contributed by atoms with van der Waals surface area (Å²) in [4.78, 5) is 27.7. The minimum Gasteiger partial charge on any atom is -0.349 e. The Balaban J connectivity index is 1.95. The average molecular weight is 299 g/mol. The van der Waals surface area contributed by atoms with E-state index in [0.717, 1.165) is 36.0 Å². The fraction of sp³-hybridized carbons (Fsp3) is 0.412. The summed E-state index contributed by atoms with van der Waals surface area (Å²) >= 11 is 0. The van der Waals surface area contributed by atoms with E-state index in [9.17, 15) is 9.59 Å². The number of hydrogen-bond acceptors (Lipinski definition) is 3. The summed E-state index contributed by atoms with van der Waals surface area (Å²) in [7, 11) is 0. The quantitative estimate of drug-likeness (QED) is 0.788. The maximum absolute atomic E-state index is 12.6. The summed E-state index contributed by atoms with van der Waals surface area (Å²) < 4.78 is 0. The Morgan fingerprint density at radius 2 is 2.09 bits per heavy atom. The van der Waals surface area contributed by atoms with Gasteiger partial charge in [-0.25, -0.2) is 0 Å². The highest BCUT2D eigenvalue weighted by Gasteiger charge is 2.25. The van der Waals surface area contributed by atoms with Crippen LogP contribution in [-0.2, 0) is 0 Å². The van der Waals surface area contributed by atoms with Crippen molar-refractivity contribution in [3.8, 4) is 0 Å². The lowest BCUT2D eigenvalue weighted by molar-refractivity contribution is 0.0912. The third-order valence-electron chi connectivity index (χ3n) is 4.51. The molecule has 2 aromatic rings. The van der Waals surface area contributed by atoms with Gasteiger partial charge in [-0.1, -0.05) is 25.1 Å². The van der Waals surface area contributed by atoms with E-state index in [0.29, 0.717) is 5.92 Å². The minimum absolute atomic E-state index is 0.110. The number of aryl methyl sites for hydroxylation is 1. The van der Waals surface area contributed by atoms with Crippen molar-refractivity contribution in [2.45, 2.75) is 26.3 Å². The molecule has 0 radical (unpaired) electrons. The van der Waals surface area contributed by atoms with Gasteiger partial charge in [-0.05, 0) is 44.0 Å². The normalized spacial score (nSPS) is 21.7. The second kappa shape index (κ2) is 5.93. The van der Waals surface area contributed by atoms with E-state index in [-0.39, 0.29) is 23.1 Å². The molecule has 5 nitrogen and oxygen atoms in total. The largest absolute Gasteiger partial charge is 0.349 e. The van der Waals surface area contributed by atoms with Crippen molar-refractivity contribution in [3.63, 3.8) is 0 Å². The first-order chi connectivity index (χ1) is 10.6. The molecule has 1 amide bonds. The maximum atomic E-state index is 12.6. The second-order valence-electron chi connectivity index (χ2n) is 6.05. The number of rotatable bonds is 2. The Hall–Kier alpha value is -2.14. The van der Waals surface area contributed by atoms with Crippen LogP contribution in [0.3, 0.4) is 0 Å². The number of para-hydroxylation sites is 1. The number of amides is 1. The van der Waals surface area contributed by atoms with Gasteiger partial charge in [-0.15, -0.1) is 0 Å². The lowest BCUT2D eigenvalue weighted by Crippen LogP contribution is -2.49. The first-order valence-corrected chi connectivity index (χ1v) is 7.71. The molecule has 116 valence electrons. The molecule has 2 atom stereocenters. The van der Waals surface area contributed by atoms with Crippen LogP contribution in [0.5, 0.6) is 0 Å². The van der Waals surface area contributed by atoms with Crippen molar-refractivity contribution in [1.29, 1.82) is 0 Å². The number of pyridine rings is 1. The number of fused-ring (bicyclic) bond motifs is 1. The number of H-pyrrole nitrogens is 1. The SMILES string of the molecule is Cc1c(C(=O)NC2CCNCC2C)c(=O)[nH]c2ccccc12. The van der Waals surface area contributed by atoms with E-state index in [1.165, 1.54) is 0 Å². The molecular formula is C17H21N3O2. The molecule has 2 heterocycles. The van der Waals surface area contributed by atoms with Crippen LogP contribution in [0.2, 0.25) is 0 Å². The van der Waals surface area contributed by atoms with Crippen LogP contribution in [0.15, 0.2) is 29.1 Å². The van der Waals surface area contributed by atoms with Crippen LogP contribution in [0.25, 0.3) is 10.9 Å². The minimum atomic E-state index is -0.324. The van der Waals surface area contributed by atoms with Gasteiger partial charge in [0.15, 0.2) is 0 Å². The zero-order valence-corrected chi connectivity index (χ0v) is 12.9. The summed E-state index contributed by atoms with van der Waals surface area (Å²) in [6, 6.07) is 7.66. The third kappa shape index (κ3) is 2.64. The number of benzene rings is 1. The molecule has 0 saturated carbocycles. The Kier molecular flexibility index (Phi) is 3.98. The molecule has 1 fully saturated rings. The predicted molar refractivity (Wildman–Crippen MR) is 87.2 cm³/mol. The summed E-state index contributed by atoms with van der Waals surface area (Å²) in [5.41, 5.74) is 1.40. The summed E-state index contributed by atoms with van der Waals surface area (Å²) in [5, 5.41) is 7.25. The topological polar surface area (TPSA) is 74.0 Å². The Bertz CT molecular complexity index is 766. The number of aromatic amines is 1. The fourth-order valence-electron chi connectivity index (χ4n) is 3.15. The highest BCUT2D eigenvalue weighted by atomic mass is 16.2. The third-order valence-corrected chi connectivity index (χ3v) is 4.51. The molecule has 0 aliphatic carbocycles. The average Bonchev–Trinajstić information content (AvgIpc) is 2.49. The van der Waals surface area contributed by atoms with Gasteiger partial charge in [0.1, 0.15) is 5.56 Å². The second-order valence-corrected chi connectivity index (χ2v) is 6.05. The van der Waals surface area contributed by atoms with Crippen LogP contribution in [0.4, 0.5) is 0 Å². The van der Waals surface area contributed by atoms with E-state index < -0.39 is 0 Å². The molecule has 5 heteroatoms. The van der Waals surface area contributed by atoms with Crippen LogP contribution >= 0.6 is 0 Å². The predicted octanol–water partition coefficient (Wildman–Crippen LogP) is 1.56. The molecule has 1 aliphatic heterocycles. The van der Waals surface area contributed by atoms with Gasteiger partial charge in [0.2, 0.25) is 0 Å². The van der Waals surface area contributed by atoms with Crippen LogP contribution < -0.4 is 16.2 Å². The number of piperidine rings is 1. The van der Waals surface area contributed by atoms with Crippen molar-refractivity contribution in [3.05, 3.63) is 45.7 Å². The molecule has 2 unspecified atom stereocenters. The number of carbonyl (C=O) groups excluding carboxylic acids is 1. The van der Waals surface area contributed by atoms with Gasteiger partial charge < -0.3 is 15.6 Å². The van der Waals surface area contributed by atoms with E-state index in [1.807, 2.05) is 31.2 Å². The Morgan fingerprint density at radius 3 is 2.86 bits per heavy atom. The number of carbonyl (C=O) groups is 1. The number of aromatic nitrogens is 1. The molecule has 3 N–H and O–H groups in total. The maximum Gasteiger partial charge on any atom is 0.261 e. The molecular weight excluding hydrogens is 278 g/mol. The van der Waals surface area contributed by atoms with Crippen molar-refractivity contribution in [1.82, 2.24) is 15.6 Å². The highest BCUT2D eigenvalue weighted by molar-refractivity contribution is 6.00. The smallest absolute Gasteiger partial charge is 0.261 e. The Morgan fingerprint density at radius 1 is 1.32 bits per heavy atom. The number of nitrogens with one attached hydrogen (secondary N) is 3. The molecule has 1 aromatic heterocycles. The van der Waals surface area contributed by atoms with Crippen LogP contribution in [0.1, 0.15) is 29.3 Å². The molecule has 1 aliphatic rings. The first-order valence-electron chi connectivity index (χ1n) is 7.71. The number of hydrogen-bond donors (Lipinski definition) is 3. The van der Waals surface area contributed by atoms with Gasteiger partial charge in [0.25, 0.3) is 11.5 Å². The Labute approximate surface area is 129 Å². The van der Waals surface area contributed by atoms with E-state index in [4.69, 9.17) is 0 Å². The van der Waals surface area contributed by atoms with Crippen LogP contribution in [0, 0.1) is 12.8 Å². The van der Waals surface area contributed by atoms with E-state index >= 15 is 0 Å².